The molecule has 1 N–H and O–H groups in total. The minimum absolute atomic E-state index is 0.195. The van der Waals surface area contributed by atoms with E-state index in [2.05, 4.69) is 70.0 Å². The van der Waals surface area contributed by atoms with Crippen LogP contribution in [0.5, 0.6) is 0 Å². The van der Waals surface area contributed by atoms with Crippen LogP contribution in [-0.2, 0) is 31.7 Å². The average Bonchev–Trinajstić information content (AvgIpc) is 2.90. The van der Waals surface area contributed by atoms with Gasteiger partial charge in [-0.15, -0.1) is 6.58 Å². The van der Waals surface area contributed by atoms with Gasteiger partial charge in [0.15, 0.2) is 0 Å². The summed E-state index contributed by atoms with van der Waals surface area (Å²) in [7, 11) is 0. The van der Waals surface area contributed by atoms with Crippen molar-refractivity contribution in [3.8, 4) is 0 Å². The van der Waals surface area contributed by atoms with Crippen LogP contribution < -0.4 is 5.48 Å². The van der Waals surface area contributed by atoms with Crippen LogP contribution in [0.4, 0.5) is 0 Å². The summed E-state index contributed by atoms with van der Waals surface area (Å²) in [5.41, 5.74) is 8.00. The summed E-state index contributed by atoms with van der Waals surface area (Å²) in [6.07, 6.45) is 8.45. The van der Waals surface area contributed by atoms with Crippen molar-refractivity contribution in [3.63, 3.8) is 0 Å². The summed E-state index contributed by atoms with van der Waals surface area (Å²) in [5.74, 6) is -0.879. The average molecular weight is 519 g/mol. The Hall–Kier alpha value is -3.41. The zero-order valence-corrected chi connectivity index (χ0v) is 23.5. The van der Waals surface area contributed by atoms with Crippen LogP contribution in [-0.4, -0.2) is 24.7 Å². The summed E-state index contributed by atoms with van der Waals surface area (Å²) < 4.78 is 0. The molecular formula is C32H42N2O4. The van der Waals surface area contributed by atoms with Gasteiger partial charge in [-0.2, -0.15) is 5.48 Å². The van der Waals surface area contributed by atoms with Crippen LogP contribution in [0.3, 0.4) is 0 Å². The SMILES string of the molecule is C=CCc1ccccc1C(=O)ONC(=O)C=NOCCCC(CC)c1ccc2c(c1)C(C)(C)CCC2(C)C. The van der Waals surface area contributed by atoms with Gasteiger partial charge in [0.1, 0.15) is 12.8 Å². The van der Waals surface area contributed by atoms with E-state index in [1.54, 1.807) is 18.2 Å². The van der Waals surface area contributed by atoms with Crippen LogP contribution in [0.25, 0.3) is 0 Å². The molecule has 2 aromatic carbocycles. The lowest BCUT2D eigenvalue weighted by Crippen LogP contribution is -2.34. The highest BCUT2D eigenvalue weighted by Crippen LogP contribution is 2.46. The largest absolute Gasteiger partial charge is 0.396 e. The molecule has 0 aromatic heterocycles. The molecule has 6 nitrogen and oxygen atoms in total. The van der Waals surface area contributed by atoms with E-state index in [1.165, 1.54) is 29.5 Å². The van der Waals surface area contributed by atoms with E-state index in [9.17, 15) is 9.59 Å². The van der Waals surface area contributed by atoms with Gasteiger partial charge in [-0.25, -0.2) is 4.79 Å². The van der Waals surface area contributed by atoms with Gasteiger partial charge in [-0.1, -0.05) is 82.2 Å². The molecule has 0 saturated heterocycles. The Morgan fingerprint density at radius 1 is 1.08 bits per heavy atom. The number of oxime groups is 1. The molecule has 0 aliphatic heterocycles. The maximum atomic E-state index is 12.3. The minimum Gasteiger partial charge on any atom is -0.396 e. The third-order valence-corrected chi connectivity index (χ3v) is 7.72. The molecule has 0 spiro atoms. The Morgan fingerprint density at radius 3 is 2.50 bits per heavy atom. The van der Waals surface area contributed by atoms with Gasteiger partial charge in [0.25, 0.3) is 5.91 Å². The molecule has 3 rings (SSSR count). The number of benzene rings is 2. The zero-order valence-electron chi connectivity index (χ0n) is 23.5. The highest BCUT2D eigenvalue weighted by atomic mass is 16.7. The van der Waals surface area contributed by atoms with Crippen molar-refractivity contribution >= 4 is 18.1 Å². The topological polar surface area (TPSA) is 77.0 Å². The normalized spacial score (nSPS) is 16.3. The second-order valence-corrected chi connectivity index (χ2v) is 11.4. The summed E-state index contributed by atoms with van der Waals surface area (Å²) in [6.45, 7) is 15.7. The van der Waals surface area contributed by atoms with Gasteiger partial charge < -0.3 is 9.68 Å². The number of fused-ring (bicyclic) bond motifs is 1. The molecule has 2 aromatic rings. The van der Waals surface area contributed by atoms with E-state index >= 15 is 0 Å². The van der Waals surface area contributed by atoms with Gasteiger partial charge in [0, 0.05) is 0 Å². The summed E-state index contributed by atoms with van der Waals surface area (Å²) in [5, 5.41) is 3.72. The first kappa shape index (κ1) is 29.2. The van der Waals surface area contributed by atoms with Crippen LogP contribution in [0, 0.1) is 0 Å². The first-order chi connectivity index (χ1) is 18.1. The number of nitrogens with zero attached hydrogens (tertiary/aromatic N) is 1. The molecule has 1 unspecified atom stereocenters. The predicted octanol–water partition coefficient (Wildman–Crippen LogP) is 6.93. The van der Waals surface area contributed by atoms with Crippen LogP contribution in [0.2, 0.25) is 0 Å². The van der Waals surface area contributed by atoms with Crippen LogP contribution in [0.1, 0.15) is 105 Å². The Balaban J connectivity index is 1.45. The highest BCUT2D eigenvalue weighted by molar-refractivity contribution is 6.25. The van der Waals surface area contributed by atoms with Gasteiger partial charge >= 0.3 is 5.97 Å². The molecule has 1 atom stereocenters. The third-order valence-electron chi connectivity index (χ3n) is 7.72. The molecule has 1 aliphatic carbocycles. The number of nitrogens with one attached hydrogen (secondary N) is 1. The van der Waals surface area contributed by atoms with Gasteiger partial charge in [0.2, 0.25) is 0 Å². The lowest BCUT2D eigenvalue weighted by Gasteiger charge is -2.42. The number of hydrogen-bond donors (Lipinski definition) is 1. The monoisotopic (exact) mass is 518 g/mol. The zero-order chi connectivity index (χ0) is 27.8. The van der Waals surface area contributed by atoms with E-state index in [1.807, 2.05) is 12.1 Å². The fraction of sp³-hybridized carbons (Fsp3) is 0.469. The van der Waals surface area contributed by atoms with E-state index in [4.69, 9.17) is 9.68 Å². The number of rotatable bonds is 11. The van der Waals surface area contributed by atoms with Crippen molar-refractivity contribution in [1.82, 2.24) is 5.48 Å². The van der Waals surface area contributed by atoms with E-state index in [-0.39, 0.29) is 10.8 Å². The Bertz CT molecular complexity index is 1170. The van der Waals surface area contributed by atoms with Crippen molar-refractivity contribution in [2.24, 2.45) is 5.16 Å². The Labute approximate surface area is 227 Å². The quantitative estimate of drug-likeness (QED) is 0.151. The van der Waals surface area contributed by atoms with Gasteiger partial charge in [-0.3, -0.25) is 4.79 Å². The molecule has 6 heteroatoms. The first-order valence-electron chi connectivity index (χ1n) is 13.6. The number of hydroxylamine groups is 1. The Morgan fingerprint density at radius 2 is 1.79 bits per heavy atom. The van der Waals surface area contributed by atoms with Crippen LogP contribution >= 0.6 is 0 Å². The maximum Gasteiger partial charge on any atom is 0.363 e. The fourth-order valence-electron chi connectivity index (χ4n) is 5.23. The summed E-state index contributed by atoms with van der Waals surface area (Å²) in [4.78, 5) is 34.4. The van der Waals surface area contributed by atoms with Crippen molar-refractivity contribution in [2.75, 3.05) is 6.61 Å². The van der Waals surface area contributed by atoms with Gasteiger partial charge in [0.05, 0.1) is 5.56 Å². The molecule has 0 bridgehead atoms. The molecular weight excluding hydrogens is 476 g/mol. The summed E-state index contributed by atoms with van der Waals surface area (Å²) >= 11 is 0. The standard InChI is InChI=1S/C32H42N2O4/c1-7-12-24-13-9-10-15-26(24)30(36)38-34-29(35)22-33-37-20-11-14-23(8-2)25-16-17-27-28(21-25)32(5,6)19-18-31(27,3)4/h7,9-10,13,15-17,21-23H,1,8,11-12,14,18-20H2,2-6H3,(H,34,35). The second-order valence-electron chi connectivity index (χ2n) is 11.4. The first-order valence-corrected chi connectivity index (χ1v) is 13.6. The highest BCUT2D eigenvalue weighted by Gasteiger charge is 2.37. The smallest absolute Gasteiger partial charge is 0.363 e. The molecule has 0 fully saturated rings. The van der Waals surface area contributed by atoms with E-state index in [0.717, 1.165) is 31.0 Å². The van der Waals surface area contributed by atoms with Crippen molar-refractivity contribution < 1.29 is 19.3 Å². The second kappa shape index (κ2) is 12.9. The molecule has 0 saturated carbocycles. The summed E-state index contributed by atoms with van der Waals surface area (Å²) in [6, 6.07) is 14.1. The van der Waals surface area contributed by atoms with Crippen molar-refractivity contribution in [1.29, 1.82) is 0 Å². The van der Waals surface area contributed by atoms with Crippen molar-refractivity contribution in [2.45, 2.75) is 89.9 Å². The molecule has 1 aliphatic rings. The predicted molar refractivity (Wildman–Crippen MR) is 152 cm³/mol. The molecule has 1 amide bonds. The van der Waals surface area contributed by atoms with Gasteiger partial charge in [-0.05, 0) is 83.6 Å². The number of allylic oxidation sites excluding steroid dienone is 1. The Kier molecular flexibility index (Phi) is 9.90. The lowest BCUT2D eigenvalue weighted by atomic mass is 9.62. The van der Waals surface area contributed by atoms with E-state index in [0.29, 0.717) is 24.5 Å². The van der Waals surface area contributed by atoms with Crippen LogP contribution in [0.15, 0.2) is 60.3 Å². The number of hydrogen-bond acceptors (Lipinski definition) is 5. The van der Waals surface area contributed by atoms with E-state index < -0.39 is 11.9 Å². The molecule has 0 heterocycles. The molecule has 38 heavy (non-hydrogen) atoms. The molecule has 0 radical (unpaired) electrons. The number of amides is 1. The van der Waals surface area contributed by atoms with Crippen molar-refractivity contribution in [3.05, 3.63) is 82.9 Å². The lowest BCUT2D eigenvalue weighted by molar-refractivity contribution is -0.122. The number of carbonyl (C=O) groups is 2. The third kappa shape index (κ3) is 7.33. The maximum absolute atomic E-state index is 12.3. The number of carbonyl (C=O) groups excluding carboxylic acids is 2. The fourth-order valence-corrected chi connectivity index (χ4v) is 5.23. The molecule has 204 valence electrons. The minimum atomic E-state index is -0.675.